The van der Waals surface area contributed by atoms with Gasteiger partial charge in [0, 0.05) is 0 Å². The molecule has 108 heavy (non-hydrogen) atoms. The molecular formula is C108H230. The maximum atomic E-state index is 2.44. The molecule has 0 heterocycles. The van der Waals surface area contributed by atoms with E-state index in [2.05, 4.69) is 360 Å². The van der Waals surface area contributed by atoms with Crippen LogP contribution in [0.25, 0.3) is 0 Å². The molecule has 1 aliphatic rings. The van der Waals surface area contributed by atoms with E-state index in [-0.39, 0.29) is 0 Å². The van der Waals surface area contributed by atoms with Crippen LogP contribution in [-0.2, 0) is 0 Å². The van der Waals surface area contributed by atoms with Gasteiger partial charge in [-0.3, -0.25) is 0 Å². The van der Waals surface area contributed by atoms with Crippen LogP contribution >= 0.6 is 0 Å². The molecule has 0 saturated heterocycles. The molecule has 0 radical (unpaired) electrons. The van der Waals surface area contributed by atoms with Gasteiger partial charge in [0.25, 0.3) is 0 Å². The predicted molar refractivity (Wildman–Crippen MR) is 511 cm³/mol. The topological polar surface area (TPSA) is 0 Å². The van der Waals surface area contributed by atoms with Gasteiger partial charge in [0.2, 0.25) is 0 Å². The Morgan fingerprint density at radius 1 is 0.250 bits per heavy atom. The molecule has 1 fully saturated rings. The van der Waals surface area contributed by atoms with E-state index < -0.39 is 0 Å². The first-order valence-electron chi connectivity index (χ1n) is 48.4. The molecule has 0 aromatic carbocycles. The molecule has 0 aromatic heterocycles. The lowest BCUT2D eigenvalue weighted by Crippen LogP contribution is -2.31. The van der Waals surface area contributed by atoms with Gasteiger partial charge in [-0.1, -0.05) is 495 Å². The quantitative estimate of drug-likeness (QED) is 0.0614. The molecule has 0 aliphatic heterocycles. The average molecular weight is 1530 g/mol. The lowest BCUT2D eigenvalue weighted by Gasteiger charge is -2.40. The summed E-state index contributed by atoms with van der Waals surface area (Å²) in [7, 11) is 0. The molecule has 0 bridgehead atoms. The summed E-state index contributed by atoms with van der Waals surface area (Å²) in [5, 5.41) is 0. The minimum Gasteiger partial charge on any atom is -0.0654 e. The second-order valence-electron chi connectivity index (χ2n) is 49.7. The van der Waals surface area contributed by atoms with E-state index in [1.165, 1.54) is 180 Å². The summed E-state index contributed by atoms with van der Waals surface area (Å²) < 4.78 is 0. The molecule has 0 spiro atoms. The van der Waals surface area contributed by atoms with Gasteiger partial charge in [-0.25, -0.2) is 0 Å². The highest BCUT2D eigenvalue weighted by atomic mass is 14.4. The standard InChI is InChI=1S/C19H40.2C15H32.C13H28.2C12H26.C11H22.C11H24/c1-14(17(3,4)5)12-16(19(9,10)11)13-15(2)18(6,7)8;1-9-13(15(6,7)8)11-10-12(2)14(3,4)5;1-9-10-13(15(6,7)8)11-12(2)14(3,4)5;1-10(2)12(5)8-7-9-13(6)11(3)4;1-7-10(2)8-9-11(3)12(4,5)6;1-7-11(12(4,5)6)9-8-10(2)3;1-3-4-8-11-9-6-5-7-10(11)2;1-6-8-10(9-7-2)11(3,4)5/h14-16H,12-13H2,1-11H3;2*12-13H,9-11H2,1-8H3;10-13H,7-9H2,1-6H3;2*10-11H,7-9H2,1-6H3;10-11H,3-9H2,1-2H3;10H,6-9H2,1-5H3/t14-,15+,16?;2*12-,13?;12-,13+;10?,11-;;10-,11?;/m.11.1.0./s1. The predicted octanol–water partition coefficient (Wildman–Crippen LogP) is 39.8. The lowest BCUT2D eigenvalue weighted by molar-refractivity contribution is 0.0981. The van der Waals surface area contributed by atoms with Crippen LogP contribution in [0.15, 0.2) is 0 Å². The van der Waals surface area contributed by atoms with E-state index in [0.29, 0.717) is 54.1 Å². The summed E-state index contributed by atoms with van der Waals surface area (Å²) in [6, 6.07) is 0. The molecular weight excluding hydrogens is 1300 g/mol. The van der Waals surface area contributed by atoms with Gasteiger partial charge < -0.3 is 0 Å². The van der Waals surface area contributed by atoms with Gasteiger partial charge >= 0.3 is 0 Å². The molecule has 0 amide bonds. The zero-order chi connectivity index (χ0) is 87.2. The van der Waals surface area contributed by atoms with Crippen molar-refractivity contribution in [3.05, 3.63) is 0 Å². The molecule has 1 aliphatic carbocycles. The number of unbranched alkanes of at least 4 members (excludes halogenated alkanes) is 1. The Hall–Kier alpha value is 0. The molecule has 0 nitrogen and oxygen atoms in total. The molecule has 1 rings (SSSR count). The number of rotatable bonds is 33. The van der Waals surface area contributed by atoms with Gasteiger partial charge in [-0.15, -0.1) is 0 Å². The van der Waals surface area contributed by atoms with E-state index in [1.54, 1.807) is 0 Å². The summed E-state index contributed by atoms with van der Waals surface area (Å²) in [4.78, 5) is 0. The summed E-state index contributed by atoms with van der Waals surface area (Å²) in [6.07, 6.45) is 39.1. The molecule has 662 valence electrons. The maximum absolute atomic E-state index is 2.44. The minimum atomic E-state index is 0.416. The zero-order valence-corrected chi connectivity index (χ0v) is 87.2. The van der Waals surface area contributed by atoms with Crippen LogP contribution in [0.4, 0.5) is 0 Å². The fourth-order valence-electron chi connectivity index (χ4n) is 14.9. The smallest absolute Gasteiger partial charge is 0.0354 e. The summed E-state index contributed by atoms with van der Waals surface area (Å²) in [5.74, 6) is 15.8. The Bertz CT molecular complexity index is 1890. The highest BCUT2D eigenvalue weighted by molar-refractivity contribution is 4.86. The van der Waals surface area contributed by atoms with Crippen molar-refractivity contribution < 1.29 is 0 Å². The second kappa shape index (κ2) is 59.6. The largest absolute Gasteiger partial charge is 0.0654 e. The van der Waals surface area contributed by atoms with E-state index >= 15 is 0 Å². The van der Waals surface area contributed by atoms with Crippen LogP contribution < -0.4 is 0 Å². The Kier molecular flexibility index (Phi) is 66.9. The Balaban J connectivity index is -0.000000217. The van der Waals surface area contributed by atoms with Crippen molar-refractivity contribution in [3.8, 4) is 0 Å². The van der Waals surface area contributed by atoms with Crippen LogP contribution in [0.1, 0.15) is 540 Å². The summed E-state index contributed by atoms with van der Waals surface area (Å²) in [5.41, 5.74) is 4.65. The second-order valence-corrected chi connectivity index (χ2v) is 49.7. The van der Waals surface area contributed by atoms with Crippen LogP contribution in [0.2, 0.25) is 0 Å². The van der Waals surface area contributed by atoms with Crippen molar-refractivity contribution >= 4 is 0 Å². The van der Waals surface area contributed by atoms with E-state index in [9.17, 15) is 0 Å². The molecule has 14 atom stereocenters. The van der Waals surface area contributed by atoms with Gasteiger partial charge in [0.05, 0.1) is 0 Å². The van der Waals surface area contributed by atoms with Crippen molar-refractivity contribution in [1.29, 1.82) is 0 Å². The first kappa shape index (κ1) is 121. The minimum absolute atomic E-state index is 0.416. The summed E-state index contributed by atoms with van der Waals surface area (Å²) in [6.45, 7) is 123. The van der Waals surface area contributed by atoms with Crippen molar-refractivity contribution in [2.75, 3.05) is 0 Å². The fraction of sp³-hybridized carbons (Fsp3) is 1.00. The highest BCUT2D eigenvalue weighted by Crippen LogP contribution is 2.45. The molecule has 0 aromatic rings. The first-order valence-corrected chi connectivity index (χ1v) is 48.4. The van der Waals surface area contributed by atoms with Crippen molar-refractivity contribution in [3.63, 3.8) is 0 Å². The number of hydrogen-bond acceptors (Lipinski definition) is 0. The van der Waals surface area contributed by atoms with Gasteiger partial charge in [0.15, 0.2) is 0 Å². The third-order valence-corrected chi connectivity index (χ3v) is 29.0. The SMILES string of the molecule is CC(C)[C@H](C)CCC[C@H](C)C(C)C.CCC(C)CC[C@@H](C)C(C)(C)C.CCC(CCC(C)C)C(C)(C)C.CCC(CC[C@@H](C)C(C)(C)C)C(C)(C)C.CCCC(CCC)C(C)(C)C.CCCC(C[C@@H](C)C(C)(C)C)C(C)(C)C.CCCCC1CCCC[C@@H]1C.C[C@H](CC(C[C@H](C)C(C)(C)C)C(C)(C)C)C(C)(C)C. The normalized spacial score (nSPS) is 18.4. The van der Waals surface area contributed by atoms with Crippen molar-refractivity contribution in [1.82, 2.24) is 0 Å². The van der Waals surface area contributed by atoms with E-state index in [0.717, 1.165) is 107 Å². The van der Waals surface area contributed by atoms with Crippen molar-refractivity contribution in [2.45, 2.75) is 540 Å². The van der Waals surface area contributed by atoms with Crippen LogP contribution in [-0.4, -0.2) is 0 Å². The van der Waals surface area contributed by atoms with E-state index in [4.69, 9.17) is 0 Å². The highest BCUT2D eigenvalue weighted by Gasteiger charge is 2.35. The van der Waals surface area contributed by atoms with Crippen molar-refractivity contribution in [2.24, 2.45) is 161 Å². The van der Waals surface area contributed by atoms with Crippen LogP contribution in [0.5, 0.6) is 0 Å². The van der Waals surface area contributed by atoms with E-state index in [1.807, 2.05) is 0 Å². The van der Waals surface area contributed by atoms with Gasteiger partial charge in [0.1, 0.15) is 0 Å². The van der Waals surface area contributed by atoms with Crippen LogP contribution in [0, 0.1) is 161 Å². The van der Waals surface area contributed by atoms with Crippen LogP contribution in [0.3, 0.4) is 0 Å². The third-order valence-electron chi connectivity index (χ3n) is 29.0. The first-order chi connectivity index (χ1) is 48.4. The van der Waals surface area contributed by atoms with Gasteiger partial charge in [-0.2, -0.15) is 0 Å². The third kappa shape index (κ3) is 68.1. The molecule has 1 saturated carbocycles. The molecule has 6 unspecified atom stereocenters. The lowest BCUT2D eigenvalue weighted by atomic mass is 9.65. The Morgan fingerprint density at radius 2 is 0.537 bits per heavy atom. The zero-order valence-electron chi connectivity index (χ0n) is 87.2. The molecule has 0 heteroatoms. The monoisotopic (exact) mass is 1530 g/mol. The number of hydrogen-bond donors (Lipinski definition) is 0. The fourth-order valence-corrected chi connectivity index (χ4v) is 14.9. The Labute approximate surface area is 696 Å². The average Bonchev–Trinajstić information content (AvgIpc) is 0.843. The molecule has 0 N–H and O–H groups in total. The van der Waals surface area contributed by atoms with Gasteiger partial charge in [-0.05, 0) is 206 Å². The summed E-state index contributed by atoms with van der Waals surface area (Å²) >= 11 is 0. The maximum Gasteiger partial charge on any atom is -0.0354 e. The Morgan fingerprint density at radius 3 is 0.787 bits per heavy atom.